The van der Waals surface area contributed by atoms with Gasteiger partial charge in [0.15, 0.2) is 11.6 Å². The SMILES string of the molecule is CS(=O)(=O)OCc1cnc(Oc2ccc(Cl)cc2F)cn1. The second-order valence-corrected chi connectivity index (χ2v) is 6.07. The van der Waals surface area contributed by atoms with Gasteiger partial charge in [0.2, 0.25) is 5.88 Å². The Morgan fingerprint density at radius 2 is 2.05 bits per heavy atom. The number of rotatable bonds is 5. The molecule has 1 aromatic heterocycles. The molecule has 9 heteroatoms. The van der Waals surface area contributed by atoms with E-state index in [2.05, 4.69) is 14.2 Å². The summed E-state index contributed by atoms with van der Waals surface area (Å²) in [7, 11) is -3.55. The van der Waals surface area contributed by atoms with E-state index in [-0.39, 0.29) is 23.3 Å². The van der Waals surface area contributed by atoms with E-state index in [0.717, 1.165) is 12.3 Å². The van der Waals surface area contributed by atoms with Gasteiger partial charge in [-0.1, -0.05) is 11.6 Å². The van der Waals surface area contributed by atoms with Crippen molar-refractivity contribution in [2.24, 2.45) is 0 Å². The lowest BCUT2D eigenvalue weighted by Crippen LogP contribution is -2.04. The van der Waals surface area contributed by atoms with Crippen LogP contribution >= 0.6 is 11.6 Å². The van der Waals surface area contributed by atoms with Gasteiger partial charge in [0.25, 0.3) is 10.1 Å². The van der Waals surface area contributed by atoms with Crippen LogP contribution in [0, 0.1) is 5.82 Å². The molecule has 2 aromatic rings. The fraction of sp³-hybridized carbons (Fsp3) is 0.167. The van der Waals surface area contributed by atoms with E-state index in [4.69, 9.17) is 16.3 Å². The van der Waals surface area contributed by atoms with Crippen LogP contribution in [0.15, 0.2) is 30.6 Å². The predicted molar refractivity (Wildman–Crippen MR) is 73.1 cm³/mol. The Labute approximate surface area is 125 Å². The quantitative estimate of drug-likeness (QED) is 0.783. The number of benzene rings is 1. The second kappa shape index (κ2) is 6.33. The van der Waals surface area contributed by atoms with E-state index in [1.807, 2.05) is 0 Å². The van der Waals surface area contributed by atoms with Gasteiger partial charge in [-0.15, -0.1) is 0 Å². The summed E-state index contributed by atoms with van der Waals surface area (Å²) < 4.78 is 44.9. The predicted octanol–water partition coefficient (Wildman–Crippen LogP) is 2.54. The zero-order valence-corrected chi connectivity index (χ0v) is 12.4. The molecule has 0 aliphatic rings. The van der Waals surface area contributed by atoms with Crippen molar-refractivity contribution in [1.29, 1.82) is 0 Å². The molecule has 1 aromatic carbocycles. The Morgan fingerprint density at radius 1 is 1.29 bits per heavy atom. The summed E-state index contributed by atoms with van der Waals surface area (Å²) in [6.45, 7) is -0.235. The van der Waals surface area contributed by atoms with Crippen LogP contribution in [-0.4, -0.2) is 24.6 Å². The van der Waals surface area contributed by atoms with Gasteiger partial charge in [0, 0.05) is 5.02 Å². The summed E-state index contributed by atoms with van der Waals surface area (Å²) >= 11 is 5.63. The Morgan fingerprint density at radius 3 is 2.62 bits per heavy atom. The third-order valence-corrected chi connectivity index (χ3v) is 2.99. The van der Waals surface area contributed by atoms with Crippen LogP contribution in [0.25, 0.3) is 0 Å². The number of ether oxygens (including phenoxy) is 1. The van der Waals surface area contributed by atoms with Crippen LogP contribution in [0.1, 0.15) is 5.69 Å². The largest absolute Gasteiger partial charge is 0.434 e. The Hall–Kier alpha value is -1.77. The van der Waals surface area contributed by atoms with Crippen molar-refractivity contribution in [3.05, 3.63) is 47.1 Å². The molecule has 0 fully saturated rings. The van der Waals surface area contributed by atoms with Crippen molar-refractivity contribution in [2.45, 2.75) is 6.61 Å². The van der Waals surface area contributed by atoms with Gasteiger partial charge in [-0.05, 0) is 18.2 Å². The first kappa shape index (κ1) is 15.6. The molecule has 0 saturated carbocycles. The van der Waals surface area contributed by atoms with E-state index in [1.165, 1.54) is 24.5 Å². The van der Waals surface area contributed by atoms with Crippen LogP contribution in [0.5, 0.6) is 11.6 Å². The van der Waals surface area contributed by atoms with Crippen molar-refractivity contribution in [3.63, 3.8) is 0 Å². The van der Waals surface area contributed by atoms with E-state index >= 15 is 0 Å². The number of halogens is 2. The lowest BCUT2D eigenvalue weighted by atomic mass is 10.3. The maximum absolute atomic E-state index is 13.5. The number of hydrogen-bond acceptors (Lipinski definition) is 6. The average molecular weight is 333 g/mol. The molecule has 0 spiro atoms. The average Bonchev–Trinajstić information content (AvgIpc) is 2.40. The molecule has 1 heterocycles. The summed E-state index contributed by atoms with van der Waals surface area (Å²) in [6.07, 6.45) is 3.44. The van der Waals surface area contributed by atoms with Gasteiger partial charge in [0.1, 0.15) is 6.61 Å². The van der Waals surface area contributed by atoms with Gasteiger partial charge >= 0.3 is 0 Å². The topological polar surface area (TPSA) is 78.4 Å². The highest BCUT2D eigenvalue weighted by Gasteiger charge is 2.08. The molecule has 6 nitrogen and oxygen atoms in total. The molecule has 0 N–H and O–H groups in total. The van der Waals surface area contributed by atoms with E-state index < -0.39 is 15.9 Å². The number of hydrogen-bond donors (Lipinski definition) is 0. The molecule has 0 amide bonds. The standard InChI is InChI=1S/C12H10ClFN2O4S/c1-21(17,18)19-7-9-5-16-12(6-15-9)20-11-3-2-8(13)4-10(11)14/h2-6H,7H2,1H3. The Kier molecular flexibility index (Phi) is 4.71. The summed E-state index contributed by atoms with van der Waals surface area (Å²) in [6, 6.07) is 3.94. The zero-order chi connectivity index (χ0) is 15.5. The van der Waals surface area contributed by atoms with Crippen molar-refractivity contribution in [2.75, 3.05) is 6.26 Å². The highest BCUT2D eigenvalue weighted by molar-refractivity contribution is 7.85. The first-order valence-corrected chi connectivity index (χ1v) is 7.81. The highest BCUT2D eigenvalue weighted by atomic mass is 35.5. The van der Waals surface area contributed by atoms with Crippen molar-refractivity contribution in [3.8, 4) is 11.6 Å². The van der Waals surface area contributed by atoms with Crippen LogP contribution in [-0.2, 0) is 20.9 Å². The molecule has 0 saturated heterocycles. The molecule has 0 aliphatic heterocycles. The van der Waals surface area contributed by atoms with Crippen LogP contribution in [0.3, 0.4) is 0 Å². The van der Waals surface area contributed by atoms with Crippen molar-refractivity contribution in [1.82, 2.24) is 9.97 Å². The van der Waals surface area contributed by atoms with Gasteiger partial charge < -0.3 is 4.74 Å². The zero-order valence-electron chi connectivity index (χ0n) is 10.8. The number of aromatic nitrogens is 2. The van der Waals surface area contributed by atoms with Crippen LogP contribution in [0.2, 0.25) is 5.02 Å². The lowest BCUT2D eigenvalue weighted by Gasteiger charge is -2.06. The van der Waals surface area contributed by atoms with Crippen molar-refractivity contribution >= 4 is 21.7 Å². The highest BCUT2D eigenvalue weighted by Crippen LogP contribution is 2.25. The Balaban J connectivity index is 2.05. The fourth-order valence-electron chi connectivity index (χ4n) is 1.31. The summed E-state index contributed by atoms with van der Waals surface area (Å²) in [5.41, 5.74) is 0.296. The monoisotopic (exact) mass is 332 g/mol. The smallest absolute Gasteiger partial charge is 0.264 e. The van der Waals surface area contributed by atoms with Gasteiger partial charge in [-0.25, -0.2) is 9.37 Å². The molecule has 0 unspecified atom stereocenters. The van der Waals surface area contributed by atoms with Gasteiger partial charge in [-0.3, -0.25) is 9.17 Å². The molecule has 0 radical (unpaired) electrons. The van der Waals surface area contributed by atoms with E-state index in [0.29, 0.717) is 5.69 Å². The maximum atomic E-state index is 13.5. The minimum absolute atomic E-state index is 0.0474. The number of nitrogens with zero attached hydrogens (tertiary/aromatic N) is 2. The summed E-state index contributed by atoms with van der Waals surface area (Å²) in [4.78, 5) is 7.78. The fourth-order valence-corrected chi connectivity index (χ4v) is 1.80. The summed E-state index contributed by atoms with van der Waals surface area (Å²) in [5, 5.41) is 0.249. The molecule has 0 bridgehead atoms. The Bertz CT molecular complexity index is 737. The maximum Gasteiger partial charge on any atom is 0.264 e. The third-order valence-electron chi connectivity index (χ3n) is 2.21. The van der Waals surface area contributed by atoms with Crippen LogP contribution in [0.4, 0.5) is 4.39 Å². The molecular formula is C12H10ClFN2O4S. The molecular weight excluding hydrogens is 323 g/mol. The lowest BCUT2D eigenvalue weighted by molar-refractivity contribution is 0.306. The normalized spacial score (nSPS) is 11.4. The molecule has 0 aliphatic carbocycles. The third kappa shape index (κ3) is 4.92. The molecule has 0 atom stereocenters. The van der Waals surface area contributed by atoms with Crippen LogP contribution < -0.4 is 4.74 Å². The molecule has 21 heavy (non-hydrogen) atoms. The van der Waals surface area contributed by atoms with E-state index in [9.17, 15) is 12.8 Å². The van der Waals surface area contributed by atoms with Gasteiger partial charge in [0.05, 0.1) is 24.3 Å². The minimum atomic E-state index is -3.55. The molecule has 112 valence electrons. The molecule has 2 rings (SSSR count). The first-order valence-electron chi connectivity index (χ1n) is 5.62. The van der Waals surface area contributed by atoms with Crippen molar-refractivity contribution < 1.29 is 21.7 Å². The van der Waals surface area contributed by atoms with Gasteiger partial charge in [-0.2, -0.15) is 8.42 Å². The first-order chi connectivity index (χ1) is 9.83. The summed E-state index contributed by atoms with van der Waals surface area (Å²) in [5.74, 6) is -0.623. The minimum Gasteiger partial charge on any atom is -0.434 e. The second-order valence-electron chi connectivity index (χ2n) is 3.99. The van der Waals surface area contributed by atoms with E-state index in [1.54, 1.807) is 0 Å².